The van der Waals surface area contributed by atoms with E-state index in [0.29, 0.717) is 0 Å². The van der Waals surface area contributed by atoms with Crippen LogP contribution in [0.2, 0.25) is 0 Å². The van der Waals surface area contributed by atoms with E-state index in [1.54, 1.807) is 0 Å². The number of aliphatic hydroxyl groups excluding tert-OH is 11. The predicted octanol–water partition coefficient (Wildman–Crippen LogP) is -8.47. The van der Waals surface area contributed by atoms with E-state index in [9.17, 15) is 56.2 Å². The number of hydrogen-bond acceptors (Lipinski definition) is 21. The number of methoxy groups -OCH3 is 2. The van der Waals surface area contributed by atoms with Crippen LogP contribution < -0.4 is 0 Å². The van der Waals surface area contributed by atoms with Crippen LogP contribution in [-0.2, 0) is 63.8 Å². The average Bonchev–Trinajstić information content (AvgIpc) is 3.11. The third kappa shape index (κ3) is 12.8. The molecule has 0 bridgehead atoms. The molecule has 0 aromatic rings. The van der Waals surface area contributed by atoms with E-state index in [0.717, 1.165) is 0 Å². The van der Waals surface area contributed by atoms with E-state index in [-0.39, 0.29) is 57.8 Å². The van der Waals surface area contributed by atoms with E-state index in [2.05, 4.69) is 0 Å². The molecule has 0 aromatic heterocycles. The van der Waals surface area contributed by atoms with Crippen molar-refractivity contribution in [3.8, 4) is 0 Å². The van der Waals surface area contributed by atoms with Crippen molar-refractivity contribution in [1.29, 1.82) is 0 Å². The molecular formula is C29H52Al2O24. The summed E-state index contributed by atoms with van der Waals surface area (Å²) in [6.45, 7) is -1.88. The Labute approximate surface area is 337 Å². The van der Waals surface area contributed by atoms with E-state index in [1.807, 2.05) is 0 Å². The maximum atomic E-state index is 11.4. The van der Waals surface area contributed by atoms with Gasteiger partial charge in [-0.25, -0.2) is 0 Å². The van der Waals surface area contributed by atoms with E-state index < -0.39 is 156 Å². The largest absolute Gasteiger partial charge is 3.00 e. The van der Waals surface area contributed by atoms with Crippen LogP contribution in [0, 0.1) is 0 Å². The molecule has 4 fully saturated rings. The smallest absolute Gasteiger partial charge is 2.00 e. The van der Waals surface area contributed by atoms with Gasteiger partial charge in [0.15, 0.2) is 18.9 Å². The molecule has 4 rings (SSSR count). The molecule has 4 aliphatic heterocycles. The molecule has 0 aromatic carbocycles. The molecule has 0 amide bonds. The number of hydrogen-bond donors (Lipinski definition) is 11. The fraction of sp³-hybridized carbons (Fsp3) is 1.00. The van der Waals surface area contributed by atoms with Crippen molar-refractivity contribution in [1.82, 2.24) is 0 Å². The molecule has 0 spiro atoms. The van der Waals surface area contributed by atoms with Gasteiger partial charge in [0.05, 0.1) is 45.7 Å². The number of rotatable bonds is 15. The van der Waals surface area contributed by atoms with Gasteiger partial charge in [-0.2, -0.15) is 0 Å². The van der Waals surface area contributed by atoms with Crippen molar-refractivity contribution >= 4 is 34.7 Å². The monoisotopic (exact) mass is 838 g/mol. The standard InChI is InChI=1S/C29H52O21.2Al.3O/c1-10-15(34)16(35)24(13(8-33)45-10)49-28-20(39)18(37)25(50-29-26(43-5-4-30)21(40)23(42-3)12(7-32)47-29)14(48-28)9-44-27-19(38)17(36)22(41-2)11(6-31)46-27;;;;;/h10-40H,4-9H2,1-3H3;;;;;/q;2*+3;3*-2. The van der Waals surface area contributed by atoms with Gasteiger partial charge in [0, 0.05) is 14.2 Å². The van der Waals surface area contributed by atoms with Gasteiger partial charge in [0.2, 0.25) is 0 Å². The van der Waals surface area contributed by atoms with Crippen LogP contribution in [0.3, 0.4) is 0 Å². The molecule has 0 saturated carbocycles. The van der Waals surface area contributed by atoms with Crippen LogP contribution in [0.25, 0.3) is 0 Å². The van der Waals surface area contributed by atoms with Crippen LogP contribution in [0.4, 0.5) is 0 Å². The minimum absolute atomic E-state index is 0. The molecule has 0 aliphatic carbocycles. The normalized spacial score (nSPS) is 44.4. The molecule has 0 radical (unpaired) electrons. The van der Waals surface area contributed by atoms with E-state index in [4.69, 9.17) is 47.4 Å². The van der Waals surface area contributed by atoms with Crippen LogP contribution in [0.1, 0.15) is 6.92 Å². The molecule has 4 saturated heterocycles. The fourth-order valence-corrected chi connectivity index (χ4v) is 6.55. The Morgan fingerprint density at radius 3 is 1.40 bits per heavy atom. The zero-order valence-electron chi connectivity index (χ0n) is 30.2. The second-order valence-corrected chi connectivity index (χ2v) is 12.5. The van der Waals surface area contributed by atoms with Gasteiger partial charge >= 0.3 is 34.7 Å². The van der Waals surface area contributed by atoms with Crippen molar-refractivity contribution in [3.63, 3.8) is 0 Å². The Kier molecular flexibility index (Phi) is 27.4. The minimum Gasteiger partial charge on any atom is -2.00 e. The fourth-order valence-electron chi connectivity index (χ4n) is 6.55. The summed E-state index contributed by atoms with van der Waals surface area (Å²) in [7, 11) is 2.50. The van der Waals surface area contributed by atoms with Crippen molar-refractivity contribution in [2.75, 3.05) is 53.9 Å². The molecule has 11 N–H and O–H groups in total. The van der Waals surface area contributed by atoms with Crippen molar-refractivity contribution in [2.45, 2.75) is 130 Å². The topological polar surface area (TPSA) is 400 Å². The van der Waals surface area contributed by atoms with Crippen molar-refractivity contribution in [2.24, 2.45) is 0 Å². The third-order valence-electron chi connectivity index (χ3n) is 9.31. The summed E-state index contributed by atoms with van der Waals surface area (Å²) >= 11 is 0. The number of aliphatic hydroxyl groups is 11. The van der Waals surface area contributed by atoms with Gasteiger partial charge in [0.1, 0.15) is 97.7 Å². The second-order valence-electron chi connectivity index (χ2n) is 12.5. The first kappa shape index (κ1) is 57.2. The van der Waals surface area contributed by atoms with Gasteiger partial charge < -0.3 is 120 Å². The summed E-state index contributed by atoms with van der Waals surface area (Å²) in [4.78, 5) is 0. The van der Waals surface area contributed by atoms with Gasteiger partial charge in [-0.3, -0.25) is 0 Å². The van der Waals surface area contributed by atoms with E-state index >= 15 is 0 Å². The first-order chi connectivity index (χ1) is 23.9. The Hall–Kier alpha value is 0.105. The van der Waals surface area contributed by atoms with Gasteiger partial charge in [-0.05, 0) is 6.92 Å². The quantitative estimate of drug-likeness (QED) is 0.0682. The molecule has 4 aliphatic rings. The predicted molar refractivity (Wildman–Crippen MR) is 171 cm³/mol. The summed E-state index contributed by atoms with van der Waals surface area (Å²) in [5.41, 5.74) is 0. The van der Waals surface area contributed by atoms with Gasteiger partial charge in [-0.1, -0.05) is 0 Å². The molecule has 318 valence electrons. The maximum absolute atomic E-state index is 11.4. The molecule has 26 heteroatoms. The minimum atomic E-state index is -1.95. The van der Waals surface area contributed by atoms with Gasteiger partial charge in [0.25, 0.3) is 0 Å². The maximum Gasteiger partial charge on any atom is 3.00 e. The van der Waals surface area contributed by atoms with Crippen LogP contribution in [0.15, 0.2) is 0 Å². The van der Waals surface area contributed by atoms with Crippen molar-refractivity contribution < 1.29 is 120 Å². The molecule has 55 heavy (non-hydrogen) atoms. The third-order valence-corrected chi connectivity index (χ3v) is 9.31. The molecule has 4 heterocycles. The van der Waals surface area contributed by atoms with Gasteiger partial charge in [-0.15, -0.1) is 0 Å². The zero-order chi connectivity index (χ0) is 36.9. The van der Waals surface area contributed by atoms with Crippen molar-refractivity contribution in [3.05, 3.63) is 0 Å². The second kappa shape index (κ2) is 26.3. The number of ether oxygens (including phenoxy) is 10. The first-order valence-corrected chi connectivity index (χ1v) is 16.3. The Bertz CT molecular complexity index is 1010. The average molecular weight is 839 g/mol. The van der Waals surface area contributed by atoms with Crippen LogP contribution in [0.5, 0.6) is 0 Å². The Morgan fingerprint density at radius 1 is 0.455 bits per heavy atom. The summed E-state index contributed by atoms with van der Waals surface area (Å²) in [6.07, 6.45) is -29.3. The summed E-state index contributed by atoms with van der Waals surface area (Å²) in [6, 6.07) is 0. The molecule has 20 unspecified atom stereocenters. The summed E-state index contributed by atoms with van der Waals surface area (Å²) in [5.74, 6) is 0. The van der Waals surface area contributed by atoms with E-state index in [1.165, 1.54) is 21.1 Å². The molecular weight excluding hydrogens is 786 g/mol. The summed E-state index contributed by atoms with van der Waals surface area (Å²) in [5, 5.41) is 115. The van der Waals surface area contributed by atoms with Crippen LogP contribution in [-0.4, -0.2) is 267 Å². The first-order valence-electron chi connectivity index (χ1n) is 16.3. The Balaban J connectivity index is 0. The Morgan fingerprint density at radius 2 is 0.873 bits per heavy atom. The molecule has 20 atom stereocenters. The zero-order valence-corrected chi connectivity index (χ0v) is 32.5. The van der Waals surface area contributed by atoms with Crippen LogP contribution >= 0.6 is 0 Å². The summed E-state index contributed by atoms with van der Waals surface area (Å²) < 4.78 is 56.4. The SMILES string of the molecule is COC1C(CO)OC(OCC2OC(OC3C(CO)OC(C)C(O)C3O)C(O)C(O)C2OC2OC(CO)C(OC)C(O)C2OCCO)C(O)C1O.[Al+3].[Al+3].[O-2].[O-2].[O-2]. The molecule has 24 nitrogen and oxygen atoms in total.